The first-order valence-electron chi connectivity index (χ1n) is 30.5. The molecule has 2 atom stereocenters. The summed E-state index contributed by atoms with van der Waals surface area (Å²) in [4.78, 5) is 37.2. The van der Waals surface area contributed by atoms with E-state index in [1.807, 2.05) is 21.1 Å². The summed E-state index contributed by atoms with van der Waals surface area (Å²) in [5, 5.41) is 11.8. The number of likely N-dealkylation sites (N-methyl/N-ethyl adjacent to an activating group) is 1. The van der Waals surface area contributed by atoms with Crippen molar-refractivity contribution in [3.8, 4) is 0 Å². The molecule has 0 fully saturated rings. The van der Waals surface area contributed by atoms with Crippen LogP contribution in [0.25, 0.3) is 0 Å². The number of hydrogen-bond donors (Lipinski definition) is 0. The molecule has 9 heteroatoms. The summed E-state index contributed by atoms with van der Waals surface area (Å²) in [6, 6.07) is 0. The summed E-state index contributed by atoms with van der Waals surface area (Å²) in [5.41, 5.74) is 0. The maximum atomic E-state index is 12.9. The first-order chi connectivity index (χ1) is 38.1. The fourth-order valence-electron chi connectivity index (χ4n) is 7.64. The SMILES string of the molecule is CC/C=C\C/C=C\C/C=C\C/C=C\C/C=C\C/C=C\C/C=C\C/C=C\C/C=C\C/C=C\CCCCCCCCCCC(=O)OC(COC(=O)CCCCCCC/C=C\C/C=C\CCCC)COC(OCC[N+](C)(C)C)C(=O)[O-]. The van der Waals surface area contributed by atoms with E-state index in [4.69, 9.17) is 18.9 Å². The summed E-state index contributed by atoms with van der Waals surface area (Å²) in [5.74, 6) is -2.33. The number of nitrogens with zero attached hydrogens (tertiary/aromatic N) is 1. The van der Waals surface area contributed by atoms with Crippen LogP contribution in [-0.4, -0.2) is 82.3 Å². The van der Waals surface area contributed by atoms with Gasteiger partial charge in [-0.15, -0.1) is 0 Å². The van der Waals surface area contributed by atoms with Gasteiger partial charge in [-0.3, -0.25) is 9.59 Å². The zero-order valence-electron chi connectivity index (χ0n) is 50.0. The second-order valence-electron chi connectivity index (χ2n) is 20.9. The fourth-order valence-corrected chi connectivity index (χ4v) is 7.64. The molecule has 0 aromatic rings. The monoisotopic (exact) mass is 1080 g/mol. The Morgan fingerprint density at radius 2 is 0.731 bits per heavy atom. The lowest BCUT2D eigenvalue weighted by Gasteiger charge is -2.26. The van der Waals surface area contributed by atoms with Gasteiger partial charge >= 0.3 is 11.9 Å². The molecule has 440 valence electrons. The van der Waals surface area contributed by atoms with Crippen molar-refractivity contribution in [3.63, 3.8) is 0 Å². The average molecular weight is 1080 g/mol. The highest BCUT2D eigenvalue weighted by Crippen LogP contribution is 2.14. The van der Waals surface area contributed by atoms with Crippen LogP contribution in [0.2, 0.25) is 0 Å². The third-order valence-electron chi connectivity index (χ3n) is 12.3. The van der Waals surface area contributed by atoms with E-state index in [1.54, 1.807) is 0 Å². The lowest BCUT2D eigenvalue weighted by atomic mass is 10.1. The number of carboxylic acids is 1. The van der Waals surface area contributed by atoms with Gasteiger partial charge in [-0.2, -0.15) is 0 Å². The molecule has 0 aliphatic carbocycles. The summed E-state index contributed by atoms with van der Waals surface area (Å²) in [7, 11) is 5.90. The quantitative estimate of drug-likeness (QED) is 0.0195. The summed E-state index contributed by atoms with van der Waals surface area (Å²) < 4.78 is 22.6. The largest absolute Gasteiger partial charge is 0.545 e. The molecule has 0 heterocycles. The Labute approximate surface area is 477 Å². The molecule has 0 aliphatic rings. The second kappa shape index (κ2) is 58.3. The Bertz CT molecular complexity index is 1780. The van der Waals surface area contributed by atoms with Crippen LogP contribution in [0.5, 0.6) is 0 Å². The van der Waals surface area contributed by atoms with Crippen LogP contribution in [0.3, 0.4) is 0 Å². The Morgan fingerprint density at radius 1 is 0.397 bits per heavy atom. The van der Waals surface area contributed by atoms with Gasteiger partial charge in [0.2, 0.25) is 0 Å². The van der Waals surface area contributed by atoms with Crippen LogP contribution in [0.4, 0.5) is 0 Å². The van der Waals surface area contributed by atoms with E-state index in [1.165, 1.54) is 38.5 Å². The van der Waals surface area contributed by atoms with Crippen molar-refractivity contribution < 1.29 is 42.9 Å². The van der Waals surface area contributed by atoms with E-state index in [2.05, 4.69) is 160 Å². The smallest absolute Gasteiger partial charge is 0.306 e. The third kappa shape index (κ3) is 58.8. The van der Waals surface area contributed by atoms with Crippen molar-refractivity contribution in [2.24, 2.45) is 0 Å². The number of aliphatic carboxylic acids is 1. The van der Waals surface area contributed by atoms with Crippen molar-refractivity contribution >= 4 is 17.9 Å². The third-order valence-corrected chi connectivity index (χ3v) is 12.3. The highest BCUT2D eigenvalue weighted by molar-refractivity contribution is 5.70. The van der Waals surface area contributed by atoms with E-state index < -0.39 is 24.3 Å². The van der Waals surface area contributed by atoms with Gasteiger partial charge in [0.15, 0.2) is 12.4 Å². The highest BCUT2D eigenvalue weighted by Gasteiger charge is 2.22. The molecule has 0 amide bonds. The molecule has 0 N–H and O–H groups in total. The van der Waals surface area contributed by atoms with Gasteiger partial charge in [0.05, 0.1) is 40.3 Å². The van der Waals surface area contributed by atoms with Gasteiger partial charge in [0.1, 0.15) is 13.2 Å². The van der Waals surface area contributed by atoms with Gasteiger partial charge in [-0.25, -0.2) is 0 Å². The minimum Gasteiger partial charge on any atom is -0.545 e. The molecule has 9 nitrogen and oxygen atoms in total. The number of allylic oxidation sites excluding steroid dienone is 24. The Balaban J connectivity index is 4.20. The number of ether oxygens (including phenoxy) is 4. The van der Waals surface area contributed by atoms with Crippen molar-refractivity contribution in [3.05, 3.63) is 146 Å². The molecule has 0 spiro atoms. The van der Waals surface area contributed by atoms with Crippen LogP contribution in [0.1, 0.15) is 213 Å². The molecule has 0 aliphatic heterocycles. The van der Waals surface area contributed by atoms with Crippen molar-refractivity contribution in [2.75, 3.05) is 47.5 Å². The molecular weight excluding hydrogens is 971 g/mol. The van der Waals surface area contributed by atoms with Crippen LogP contribution < -0.4 is 5.11 Å². The van der Waals surface area contributed by atoms with Crippen LogP contribution >= 0.6 is 0 Å². The molecule has 0 aromatic heterocycles. The van der Waals surface area contributed by atoms with Gasteiger partial charge in [-0.1, -0.05) is 230 Å². The van der Waals surface area contributed by atoms with E-state index in [9.17, 15) is 19.5 Å². The zero-order valence-corrected chi connectivity index (χ0v) is 50.0. The number of unbranched alkanes of at least 4 members (excludes halogenated alkanes) is 15. The van der Waals surface area contributed by atoms with E-state index in [0.717, 1.165) is 135 Å². The molecular formula is C69H111NO8. The minimum atomic E-state index is -1.64. The molecule has 0 saturated heterocycles. The highest BCUT2D eigenvalue weighted by atomic mass is 16.7. The summed E-state index contributed by atoms with van der Waals surface area (Å²) in [6.45, 7) is 4.54. The lowest BCUT2D eigenvalue weighted by Crippen LogP contribution is -2.44. The van der Waals surface area contributed by atoms with Crippen LogP contribution in [0, 0.1) is 0 Å². The van der Waals surface area contributed by atoms with E-state index in [-0.39, 0.29) is 38.6 Å². The minimum absolute atomic E-state index is 0.136. The molecule has 0 bridgehead atoms. The number of quaternary nitrogens is 1. The number of rotatable bonds is 54. The van der Waals surface area contributed by atoms with Crippen molar-refractivity contribution in [1.29, 1.82) is 0 Å². The molecule has 78 heavy (non-hydrogen) atoms. The number of carboxylic acid groups (broad SMARTS) is 1. The van der Waals surface area contributed by atoms with Crippen LogP contribution in [0.15, 0.2) is 146 Å². The average Bonchev–Trinajstić information content (AvgIpc) is 3.41. The summed E-state index contributed by atoms with van der Waals surface area (Å²) in [6.07, 6.45) is 81.9. The molecule has 0 radical (unpaired) electrons. The maximum Gasteiger partial charge on any atom is 0.306 e. The van der Waals surface area contributed by atoms with Gasteiger partial charge in [-0.05, 0) is 116 Å². The van der Waals surface area contributed by atoms with Gasteiger partial charge in [0, 0.05) is 12.8 Å². The van der Waals surface area contributed by atoms with Crippen LogP contribution in [-0.2, 0) is 33.3 Å². The Kier molecular flexibility index (Phi) is 54.7. The first-order valence-corrected chi connectivity index (χ1v) is 30.5. The maximum absolute atomic E-state index is 12.9. The number of hydrogen-bond acceptors (Lipinski definition) is 8. The number of esters is 2. The summed E-state index contributed by atoms with van der Waals surface area (Å²) >= 11 is 0. The number of carbonyl (C=O) groups excluding carboxylic acids is 3. The van der Waals surface area contributed by atoms with E-state index >= 15 is 0 Å². The normalized spacial score (nSPS) is 13.8. The predicted octanol–water partition coefficient (Wildman–Crippen LogP) is 17.1. The standard InChI is InChI=1S/C69H111NO8/c1-6-8-10-12-14-16-18-20-22-23-24-25-26-27-28-29-30-31-32-33-34-35-36-37-38-39-40-41-42-43-44-45-46-48-50-52-54-56-58-60-67(72)78-65(64-77-69(68(73)74)75-62-61-70(3,4)5)63-76-66(71)59-57-55-53-51-49-47-21-19-17-15-13-11-9-7-2/h8,10,13-16,19-22,24-25,27-28,30-31,33-34,36-37,39-40,42-43,65,69H,6-7,9,11-12,17-18,23,26,29,32,35,38,41,44-64H2,1-5H3/b10-8-,15-13-,16-14-,21-19-,22-20-,25-24-,28-27-,31-30-,34-33-,37-36-,40-39-,43-42-. The van der Waals surface area contributed by atoms with E-state index in [0.29, 0.717) is 23.9 Å². The Morgan fingerprint density at radius 3 is 1.09 bits per heavy atom. The fraction of sp³-hybridized carbons (Fsp3) is 0.609. The van der Waals surface area contributed by atoms with Crippen molar-refractivity contribution in [2.45, 2.75) is 225 Å². The molecule has 2 unspecified atom stereocenters. The second-order valence-corrected chi connectivity index (χ2v) is 20.9. The predicted molar refractivity (Wildman–Crippen MR) is 329 cm³/mol. The first kappa shape index (κ1) is 73.2. The van der Waals surface area contributed by atoms with Crippen molar-refractivity contribution in [1.82, 2.24) is 0 Å². The Hall–Kier alpha value is -4.83. The molecule has 0 saturated carbocycles. The topological polar surface area (TPSA) is 111 Å². The molecule has 0 aromatic carbocycles. The molecule has 0 rings (SSSR count). The van der Waals surface area contributed by atoms with Gasteiger partial charge < -0.3 is 33.3 Å². The lowest BCUT2D eigenvalue weighted by molar-refractivity contribution is -0.870. The van der Waals surface area contributed by atoms with Gasteiger partial charge in [0.25, 0.3) is 0 Å². The number of carbonyl (C=O) groups is 3. The zero-order chi connectivity index (χ0) is 56.9.